The minimum atomic E-state index is -1.92. The predicted molar refractivity (Wildman–Crippen MR) is 131 cm³/mol. The van der Waals surface area contributed by atoms with E-state index in [0.29, 0.717) is 34.8 Å². The number of carbonyl (C=O) groups excluding carboxylic acids is 2. The van der Waals surface area contributed by atoms with Crippen LogP contribution in [0.15, 0.2) is 48.4 Å². The van der Waals surface area contributed by atoms with Crippen LogP contribution in [0.1, 0.15) is 49.6 Å². The summed E-state index contributed by atoms with van der Waals surface area (Å²) in [5, 5.41) is 33.7. The van der Waals surface area contributed by atoms with E-state index >= 15 is 0 Å². The Morgan fingerprint density at radius 3 is 2.60 bits per heavy atom. The van der Waals surface area contributed by atoms with E-state index < -0.39 is 24.0 Å². The van der Waals surface area contributed by atoms with Gasteiger partial charge in [0.15, 0.2) is 12.2 Å². The molecule has 2 unspecified atom stereocenters. The van der Waals surface area contributed by atoms with Crippen molar-refractivity contribution in [1.29, 1.82) is 0 Å². The Bertz CT molecular complexity index is 1090. The van der Waals surface area contributed by atoms with Gasteiger partial charge in [-0.05, 0) is 56.0 Å². The van der Waals surface area contributed by atoms with Gasteiger partial charge in [0, 0.05) is 24.3 Å². The number of allylic oxidation sites excluding steroid dienone is 1. The van der Waals surface area contributed by atoms with E-state index in [1.807, 2.05) is 13.0 Å². The summed E-state index contributed by atoms with van der Waals surface area (Å²) in [6.07, 6.45) is -0.846. The standard InChI is InChI=1S/C25H31ClN4O5/c1-14(27)21(15(2)31)19-9-8-16(12-28-19)13-29-24(34)22(32)23(33)25(35)30-10-4-7-20(30)17-5-3-6-18(26)11-17/h3,5-6,8-9,11-12,14,20,22-23,31-33H,4,7,10,13,27H2,1-2H3,(H,29,34)/p+1/b21-15+/t14?,20?,22-,23-/m1/s1. The van der Waals surface area contributed by atoms with Gasteiger partial charge in [0.25, 0.3) is 11.8 Å². The van der Waals surface area contributed by atoms with Crippen LogP contribution >= 0.6 is 11.6 Å². The monoisotopic (exact) mass is 503 g/mol. The average Bonchev–Trinajstić information content (AvgIpc) is 3.31. The zero-order valence-electron chi connectivity index (χ0n) is 19.8. The lowest BCUT2D eigenvalue weighted by Gasteiger charge is -2.28. The molecule has 2 aromatic rings. The number of amides is 2. The Morgan fingerprint density at radius 1 is 1.26 bits per heavy atom. The van der Waals surface area contributed by atoms with E-state index in [1.54, 1.807) is 37.3 Å². The maximum absolute atomic E-state index is 12.9. The van der Waals surface area contributed by atoms with Gasteiger partial charge >= 0.3 is 0 Å². The third kappa shape index (κ3) is 6.37. The van der Waals surface area contributed by atoms with Crippen molar-refractivity contribution in [2.75, 3.05) is 6.54 Å². The van der Waals surface area contributed by atoms with Crippen LogP contribution in [0.25, 0.3) is 5.57 Å². The van der Waals surface area contributed by atoms with Gasteiger partial charge in [0.1, 0.15) is 11.8 Å². The molecular weight excluding hydrogens is 472 g/mol. The number of pyridine rings is 1. The Balaban J connectivity index is 1.60. The first-order valence-electron chi connectivity index (χ1n) is 11.5. The SMILES string of the molecule is C/C(O)=C(\c1ccc(CNC(=O)[C@H](O)[C@@H](O)C(=O)N2CCCC2c2cccc(Cl)c2)cn1)C(C)[NH3+]. The van der Waals surface area contributed by atoms with Gasteiger partial charge in [-0.1, -0.05) is 29.8 Å². The van der Waals surface area contributed by atoms with Crippen molar-refractivity contribution < 1.29 is 30.6 Å². The first-order chi connectivity index (χ1) is 16.6. The number of nitrogens with one attached hydrogen (secondary N) is 1. The van der Waals surface area contributed by atoms with Gasteiger partial charge in [-0.2, -0.15) is 0 Å². The Morgan fingerprint density at radius 2 is 2.00 bits per heavy atom. The number of rotatable bonds is 8. The average molecular weight is 504 g/mol. The molecule has 9 nitrogen and oxygen atoms in total. The number of nitrogens with zero attached hydrogens (tertiary/aromatic N) is 2. The predicted octanol–water partition coefficient (Wildman–Crippen LogP) is 1.36. The first-order valence-corrected chi connectivity index (χ1v) is 11.9. The molecule has 0 saturated carbocycles. The summed E-state index contributed by atoms with van der Waals surface area (Å²) >= 11 is 6.08. The fourth-order valence-electron chi connectivity index (χ4n) is 4.32. The van der Waals surface area contributed by atoms with E-state index in [0.717, 1.165) is 12.0 Å². The highest BCUT2D eigenvalue weighted by molar-refractivity contribution is 6.30. The molecular formula is C25H32ClN4O5+. The van der Waals surface area contributed by atoms with Crippen LogP contribution in [0.4, 0.5) is 0 Å². The molecule has 10 heteroatoms. The molecule has 4 atom stereocenters. The lowest BCUT2D eigenvalue weighted by atomic mass is 10.0. The number of aromatic nitrogens is 1. The summed E-state index contributed by atoms with van der Waals surface area (Å²) in [5.41, 5.74) is 6.59. The van der Waals surface area contributed by atoms with Gasteiger partial charge < -0.3 is 31.3 Å². The second-order valence-electron chi connectivity index (χ2n) is 8.80. The molecule has 35 heavy (non-hydrogen) atoms. The summed E-state index contributed by atoms with van der Waals surface area (Å²) in [5.74, 6) is -1.44. The minimum Gasteiger partial charge on any atom is -0.512 e. The second-order valence-corrected chi connectivity index (χ2v) is 9.24. The molecule has 2 heterocycles. The molecule has 1 aliphatic rings. The molecule has 7 N–H and O–H groups in total. The molecule has 1 aromatic carbocycles. The third-order valence-corrected chi connectivity index (χ3v) is 6.28. The van der Waals surface area contributed by atoms with Crippen LogP contribution in [0.2, 0.25) is 5.02 Å². The van der Waals surface area contributed by atoms with Crippen LogP contribution in [0, 0.1) is 0 Å². The minimum absolute atomic E-state index is 0.0377. The van der Waals surface area contributed by atoms with Crippen LogP contribution in [-0.2, 0) is 16.1 Å². The molecule has 1 aliphatic heterocycles. The van der Waals surface area contributed by atoms with Crippen molar-refractivity contribution >= 4 is 29.0 Å². The normalized spacial score (nSPS) is 19.0. The summed E-state index contributed by atoms with van der Waals surface area (Å²) in [6, 6.07) is 10.1. The molecule has 2 amide bonds. The van der Waals surface area contributed by atoms with E-state index in [9.17, 15) is 24.9 Å². The van der Waals surface area contributed by atoms with Crippen molar-refractivity contribution in [3.05, 3.63) is 70.2 Å². The summed E-state index contributed by atoms with van der Waals surface area (Å²) in [4.78, 5) is 31.1. The molecule has 1 aromatic heterocycles. The first kappa shape index (κ1) is 26.6. The molecule has 0 spiro atoms. The van der Waals surface area contributed by atoms with Gasteiger partial charge in [-0.15, -0.1) is 0 Å². The number of benzene rings is 1. The van der Waals surface area contributed by atoms with Gasteiger partial charge in [-0.25, -0.2) is 0 Å². The molecule has 0 aliphatic carbocycles. The summed E-state index contributed by atoms with van der Waals surface area (Å²) in [6.45, 7) is 3.86. The fraction of sp³-hybridized carbons (Fsp3) is 0.400. The number of halogens is 1. The van der Waals surface area contributed by atoms with E-state index in [1.165, 1.54) is 11.1 Å². The van der Waals surface area contributed by atoms with Crippen LogP contribution < -0.4 is 11.1 Å². The highest BCUT2D eigenvalue weighted by atomic mass is 35.5. The Hall–Kier alpha value is -2.98. The number of likely N-dealkylation sites (tertiary alicyclic amines) is 1. The molecule has 1 saturated heterocycles. The largest absolute Gasteiger partial charge is 0.512 e. The Labute approximate surface area is 209 Å². The van der Waals surface area contributed by atoms with E-state index in [4.69, 9.17) is 11.6 Å². The zero-order chi connectivity index (χ0) is 25.7. The zero-order valence-corrected chi connectivity index (χ0v) is 20.6. The van der Waals surface area contributed by atoms with Crippen LogP contribution in [0.3, 0.4) is 0 Å². The Kier molecular flexibility index (Phi) is 8.85. The lowest BCUT2D eigenvalue weighted by molar-refractivity contribution is -0.393. The smallest absolute Gasteiger partial charge is 0.255 e. The van der Waals surface area contributed by atoms with Crippen molar-refractivity contribution in [1.82, 2.24) is 15.2 Å². The third-order valence-electron chi connectivity index (χ3n) is 6.04. The highest BCUT2D eigenvalue weighted by Crippen LogP contribution is 2.33. The van der Waals surface area contributed by atoms with Crippen LogP contribution in [0.5, 0.6) is 0 Å². The number of quaternary nitrogens is 1. The fourth-order valence-corrected chi connectivity index (χ4v) is 4.51. The van der Waals surface area contributed by atoms with Gasteiger partial charge in [0.05, 0.1) is 17.3 Å². The molecule has 1 fully saturated rings. The second kappa shape index (κ2) is 11.6. The molecule has 0 radical (unpaired) electrons. The van der Waals surface area contributed by atoms with Crippen molar-refractivity contribution in [2.45, 2.75) is 57.5 Å². The van der Waals surface area contributed by atoms with Crippen molar-refractivity contribution in [3.8, 4) is 0 Å². The molecule has 188 valence electrons. The van der Waals surface area contributed by atoms with Gasteiger partial charge in [-0.3, -0.25) is 14.6 Å². The van der Waals surface area contributed by atoms with E-state index in [-0.39, 0.29) is 24.4 Å². The van der Waals surface area contributed by atoms with Crippen LogP contribution in [-0.4, -0.2) is 61.8 Å². The maximum Gasteiger partial charge on any atom is 0.255 e. The number of aliphatic hydroxyl groups excluding tert-OH is 3. The molecule has 0 bridgehead atoms. The molecule has 3 rings (SSSR count). The van der Waals surface area contributed by atoms with Crippen molar-refractivity contribution in [2.24, 2.45) is 0 Å². The number of hydrogen-bond acceptors (Lipinski definition) is 6. The topological polar surface area (TPSA) is 151 Å². The van der Waals surface area contributed by atoms with E-state index in [2.05, 4.69) is 16.0 Å². The lowest BCUT2D eigenvalue weighted by Crippen LogP contribution is -2.59. The van der Waals surface area contributed by atoms with Gasteiger partial charge in [0.2, 0.25) is 0 Å². The summed E-state index contributed by atoms with van der Waals surface area (Å²) < 4.78 is 0. The van der Waals surface area contributed by atoms with Crippen molar-refractivity contribution in [3.63, 3.8) is 0 Å². The summed E-state index contributed by atoms with van der Waals surface area (Å²) in [7, 11) is 0. The number of aliphatic hydroxyl groups is 3. The maximum atomic E-state index is 12.9. The number of hydrogen-bond donors (Lipinski definition) is 5. The quantitative estimate of drug-likeness (QED) is 0.343. The highest BCUT2D eigenvalue weighted by Gasteiger charge is 2.38. The number of carbonyl (C=O) groups is 2.